The molecule has 2 N–H and O–H groups in total. The van der Waals surface area contributed by atoms with Gasteiger partial charge in [0.2, 0.25) is 0 Å². The molecule has 19 heavy (non-hydrogen) atoms. The predicted molar refractivity (Wildman–Crippen MR) is 69.7 cm³/mol. The summed E-state index contributed by atoms with van der Waals surface area (Å²) in [6.45, 7) is 2.73. The van der Waals surface area contributed by atoms with Gasteiger partial charge < -0.3 is 15.1 Å². The maximum absolute atomic E-state index is 14.0. The van der Waals surface area contributed by atoms with E-state index in [9.17, 15) is 8.78 Å². The molecule has 1 aromatic heterocycles. The highest BCUT2D eigenvalue weighted by molar-refractivity contribution is 5.50. The summed E-state index contributed by atoms with van der Waals surface area (Å²) in [5.74, 6) is -0.550. The number of furan rings is 1. The summed E-state index contributed by atoms with van der Waals surface area (Å²) in [6.07, 6.45) is 1.54. The second-order valence-corrected chi connectivity index (χ2v) is 4.21. The predicted octanol–water partition coefficient (Wildman–Crippen LogP) is 3.04. The van der Waals surface area contributed by atoms with Crippen LogP contribution in [0.2, 0.25) is 0 Å². The lowest BCUT2D eigenvalue weighted by atomic mass is 10.1. The molecule has 2 aromatic rings. The summed E-state index contributed by atoms with van der Waals surface area (Å²) in [4.78, 5) is 1.59. The van der Waals surface area contributed by atoms with Crippen molar-refractivity contribution in [2.45, 2.75) is 20.0 Å². The molecule has 0 radical (unpaired) electrons. The van der Waals surface area contributed by atoms with Gasteiger partial charge in [-0.1, -0.05) is 0 Å². The standard InChI is InChI=1S/C14H16F2N2O/c1-2-18(9-11-4-3-5-19-11)14-12(15)6-10(8-17)7-13(14)16/h3-7H,2,8-9,17H2,1H3. The lowest BCUT2D eigenvalue weighted by Crippen LogP contribution is -2.24. The normalized spacial score (nSPS) is 10.7. The summed E-state index contributed by atoms with van der Waals surface area (Å²) >= 11 is 0. The van der Waals surface area contributed by atoms with Crippen LogP contribution in [0.15, 0.2) is 34.9 Å². The van der Waals surface area contributed by atoms with Crippen LogP contribution in [0.5, 0.6) is 0 Å². The van der Waals surface area contributed by atoms with Gasteiger partial charge in [0.15, 0.2) is 0 Å². The van der Waals surface area contributed by atoms with Crippen LogP contribution in [0, 0.1) is 11.6 Å². The molecular formula is C14H16F2N2O. The van der Waals surface area contributed by atoms with Crippen LogP contribution in [0.1, 0.15) is 18.2 Å². The Morgan fingerprint density at radius 2 is 1.95 bits per heavy atom. The molecule has 0 saturated carbocycles. The molecule has 0 atom stereocenters. The first-order valence-electron chi connectivity index (χ1n) is 6.11. The zero-order chi connectivity index (χ0) is 13.8. The van der Waals surface area contributed by atoms with Gasteiger partial charge in [-0.05, 0) is 36.8 Å². The Balaban J connectivity index is 2.32. The summed E-state index contributed by atoms with van der Waals surface area (Å²) < 4.78 is 33.2. The van der Waals surface area contributed by atoms with E-state index in [0.29, 0.717) is 24.4 Å². The first kappa shape index (κ1) is 13.5. The highest BCUT2D eigenvalue weighted by atomic mass is 19.1. The van der Waals surface area contributed by atoms with Crippen molar-refractivity contribution in [2.75, 3.05) is 11.4 Å². The van der Waals surface area contributed by atoms with Crippen molar-refractivity contribution in [3.63, 3.8) is 0 Å². The molecule has 0 aliphatic rings. The Kier molecular flexibility index (Phi) is 4.16. The van der Waals surface area contributed by atoms with Gasteiger partial charge >= 0.3 is 0 Å². The van der Waals surface area contributed by atoms with Crippen LogP contribution >= 0.6 is 0 Å². The van der Waals surface area contributed by atoms with E-state index in [4.69, 9.17) is 10.2 Å². The second-order valence-electron chi connectivity index (χ2n) is 4.21. The summed E-state index contributed by atoms with van der Waals surface area (Å²) in [7, 11) is 0. The van der Waals surface area contributed by atoms with Crippen molar-refractivity contribution in [2.24, 2.45) is 5.73 Å². The van der Waals surface area contributed by atoms with E-state index in [1.165, 1.54) is 18.4 Å². The second kappa shape index (κ2) is 5.84. The number of anilines is 1. The smallest absolute Gasteiger partial charge is 0.149 e. The van der Waals surface area contributed by atoms with Gasteiger partial charge in [0.25, 0.3) is 0 Å². The van der Waals surface area contributed by atoms with Crippen LogP contribution in [0.3, 0.4) is 0 Å². The molecule has 0 unspecified atom stereocenters. The summed E-state index contributed by atoms with van der Waals surface area (Å²) in [5.41, 5.74) is 5.79. The first-order valence-corrected chi connectivity index (χ1v) is 6.11. The molecule has 0 aliphatic carbocycles. The van der Waals surface area contributed by atoms with E-state index in [0.717, 1.165) is 0 Å². The van der Waals surface area contributed by atoms with Crippen LogP contribution < -0.4 is 10.6 Å². The van der Waals surface area contributed by atoms with E-state index in [2.05, 4.69) is 0 Å². The highest BCUT2D eigenvalue weighted by Gasteiger charge is 2.17. The molecule has 0 amide bonds. The van der Waals surface area contributed by atoms with Crippen molar-refractivity contribution in [3.8, 4) is 0 Å². The van der Waals surface area contributed by atoms with Crippen LogP contribution in [-0.2, 0) is 13.1 Å². The highest BCUT2D eigenvalue weighted by Crippen LogP contribution is 2.26. The van der Waals surface area contributed by atoms with Crippen molar-refractivity contribution in [1.82, 2.24) is 0 Å². The maximum Gasteiger partial charge on any atom is 0.149 e. The lowest BCUT2D eigenvalue weighted by Gasteiger charge is -2.23. The minimum atomic E-state index is -0.603. The fourth-order valence-corrected chi connectivity index (χ4v) is 1.98. The first-order chi connectivity index (χ1) is 9.15. The minimum Gasteiger partial charge on any atom is -0.467 e. The SMILES string of the molecule is CCN(Cc1ccco1)c1c(F)cc(CN)cc1F. The van der Waals surface area contributed by atoms with E-state index in [1.54, 1.807) is 17.0 Å². The average molecular weight is 266 g/mol. The third kappa shape index (κ3) is 2.93. The minimum absolute atomic E-state index is 0.0453. The Labute approximate surface area is 110 Å². The van der Waals surface area contributed by atoms with Crippen LogP contribution in [0.25, 0.3) is 0 Å². The van der Waals surface area contributed by atoms with Crippen LogP contribution in [-0.4, -0.2) is 6.54 Å². The number of hydrogen-bond donors (Lipinski definition) is 1. The van der Waals surface area contributed by atoms with Gasteiger partial charge in [-0.2, -0.15) is 0 Å². The van der Waals surface area contributed by atoms with Gasteiger partial charge in [0, 0.05) is 13.1 Å². The average Bonchev–Trinajstić information content (AvgIpc) is 2.89. The van der Waals surface area contributed by atoms with Crippen molar-refractivity contribution in [1.29, 1.82) is 0 Å². The fourth-order valence-electron chi connectivity index (χ4n) is 1.98. The number of halogens is 2. The number of hydrogen-bond acceptors (Lipinski definition) is 3. The van der Waals surface area contributed by atoms with E-state index >= 15 is 0 Å². The molecule has 3 nitrogen and oxygen atoms in total. The molecule has 1 heterocycles. The monoisotopic (exact) mass is 266 g/mol. The van der Waals surface area contributed by atoms with E-state index in [1.807, 2.05) is 6.92 Å². The zero-order valence-electron chi connectivity index (χ0n) is 10.7. The Morgan fingerprint density at radius 3 is 2.42 bits per heavy atom. The number of nitrogens with two attached hydrogens (primary N) is 1. The fraction of sp³-hybridized carbons (Fsp3) is 0.286. The van der Waals surface area contributed by atoms with Crippen molar-refractivity contribution in [3.05, 3.63) is 53.5 Å². The van der Waals surface area contributed by atoms with E-state index < -0.39 is 11.6 Å². The van der Waals surface area contributed by atoms with Gasteiger partial charge in [-0.15, -0.1) is 0 Å². The van der Waals surface area contributed by atoms with Crippen molar-refractivity contribution >= 4 is 5.69 Å². The van der Waals surface area contributed by atoms with Gasteiger partial charge in [-0.25, -0.2) is 8.78 Å². The molecule has 0 spiro atoms. The quantitative estimate of drug-likeness (QED) is 0.904. The Bertz CT molecular complexity index is 517. The Morgan fingerprint density at radius 1 is 1.26 bits per heavy atom. The maximum atomic E-state index is 14.0. The number of nitrogens with zero attached hydrogens (tertiary/aromatic N) is 1. The topological polar surface area (TPSA) is 42.4 Å². The van der Waals surface area contributed by atoms with Crippen LogP contribution in [0.4, 0.5) is 14.5 Å². The summed E-state index contributed by atoms with van der Waals surface area (Å²) in [6, 6.07) is 6.05. The van der Waals surface area contributed by atoms with Gasteiger partial charge in [0.1, 0.15) is 23.1 Å². The largest absolute Gasteiger partial charge is 0.467 e. The third-order valence-electron chi connectivity index (χ3n) is 2.94. The van der Waals surface area contributed by atoms with Gasteiger partial charge in [0.05, 0.1) is 12.8 Å². The molecular weight excluding hydrogens is 250 g/mol. The molecule has 102 valence electrons. The molecule has 0 aliphatic heterocycles. The lowest BCUT2D eigenvalue weighted by molar-refractivity contribution is 0.496. The molecule has 1 aromatic carbocycles. The summed E-state index contributed by atoms with van der Waals surface area (Å²) in [5, 5.41) is 0. The molecule has 0 bridgehead atoms. The molecule has 0 fully saturated rings. The number of benzene rings is 1. The molecule has 5 heteroatoms. The zero-order valence-corrected chi connectivity index (χ0v) is 10.7. The third-order valence-corrected chi connectivity index (χ3v) is 2.94. The molecule has 2 rings (SSSR count). The van der Waals surface area contributed by atoms with E-state index in [-0.39, 0.29) is 12.2 Å². The Hall–Kier alpha value is -1.88. The number of rotatable bonds is 5. The molecule has 0 saturated heterocycles. The van der Waals surface area contributed by atoms with Crippen molar-refractivity contribution < 1.29 is 13.2 Å². The van der Waals surface area contributed by atoms with Gasteiger partial charge in [-0.3, -0.25) is 0 Å².